The SMILES string of the molecule is CC(Cc1c(F)cccc1F)NC(C)c1ccoc1. The predicted octanol–water partition coefficient (Wildman–Crippen LogP) is 3.84. The van der Waals surface area contributed by atoms with Crippen molar-refractivity contribution in [2.24, 2.45) is 0 Å². The monoisotopic (exact) mass is 265 g/mol. The zero-order valence-electron chi connectivity index (χ0n) is 11.0. The number of hydrogen-bond acceptors (Lipinski definition) is 2. The second kappa shape index (κ2) is 5.97. The van der Waals surface area contributed by atoms with Crippen LogP contribution in [-0.4, -0.2) is 6.04 Å². The minimum Gasteiger partial charge on any atom is -0.472 e. The normalized spacial score (nSPS) is 14.3. The molecular weight excluding hydrogens is 248 g/mol. The predicted molar refractivity (Wildman–Crippen MR) is 69.8 cm³/mol. The number of hydrogen-bond donors (Lipinski definition) is 1. The quantitative estimate of drug-likeness (QED) is 0.888. The number of benzene rings is 1. The molecule has 2 rings (SSSR count). The minimum atomic E-state index is -0.496. The minimum absolute atomic E-state index is 0.0451. The highest BCUT2D eigenvalue weighted by atomic mass is 19.1. The molecule has 2 unspecified atom stereocenters. The van der Waals surface area contributed by atoms with Gasteiger partial charge in [-0.2, -0.15) is 0 Å². The molecule has 0 aliphatic heterocycles. The van der Waals surface area contributed by atoms with Gasteiger partial charge in [0, 0.05) is 23.2 Å². The Morgan fingerprint density at radius 2 is 1.84 bits per heavy atom. The molecule has 102 valence electrons. The van der Waals surface area contributed by atoms with E-state index in [4.69, 9.17) is 4.42 Å². The molecule has 0 spiro atoms. The molecule has 0 bridgehead atoms. The van der Waals surface area contributed by atoms with Gasteiger partial charge in [-0.05, 0) is 38.5 Å². The molecule has 0 radical (unpaired) electrons. The van der Waals surface area contributed by atoms with Gasteiger partial charge in [0.2, 0.25) is 0 Å². The van der Waals surface area contributed by atoms with Crippen LogP contribution in [0, 0.1) is 11.6 Å². The summed E-state index contributed by atoms with van der Waals surface area (Å²) in [6.45, 7) is 3.89. The Bertz CT molecular complexity index is 505. The lowest BCUT2D eigenvalue weighted by Crippen LogP contribution is -2.31. The third kappa shape index (κ3) is 3.41. The summed E-state index contributed by atoms with van der Waals surface area (Å²) < 4.78 is 32.1. The zero-order chi connectivity index (χ0) is 13.8. The Morgan fingerprint density at radius 1 is 1.16 bits per heavy atom. The highest BCUT2D eigenvalue weighted by Gasteiger charge is 2.15. The highest BCUT2D eigenvalue weighted by Crippen LogP contribution is 2.17. The average Bonchev–Trinajstić information content (AvgIpc) is 2.88. The molecule has 0 aliphatic carbocycles. The van der Waals surface area contributed by atoms with Crippen molar-refractivity contribution in [3.05, 3.63) is 59.6 Å². The van der Waals surface area contributed by atoms with E-state index < -0.39 is 11.6 Å². The van der Waals surface area contributed by atoms with Crippen LogP contribution in [0.5, 0.6) is 0 Å². The van der Waals surface area contributed by atoms with E-state index in [-0.39, 0.29) is 17.6 Å². The van der Waals surface area contributed by atoms with Crippen LogP contribution >= 0.6 is 0 Å². The third-order valence-electron chi connectivity index (χ3n) is 3.15. The molecule has 1 aromatic carbocycles. The third-order valence-corrected chi connectivity index (χ3v) is 3.15. The maximum Gasteiger partial charge on any atom is 0.129 e. The topological polar surface area (TPSA) is 25.2 Å². The van der Waals surface area contributed by atoms with E-state index in [2.05, 4.69) is 5.32 Å². The Labute approximate surface area is 111 Å². The molecule has 0 aliphatic rings. The first-order valence-electron chi connectivity index (χ1n) is 6.29. The average molecular weight is 265 g/mol. The molecule has 4 heteroatoms. The van der Waals surface area contributed by atoms with Gasteiger partial charge in [0.1, 0.15) is 11.6 Å². The molecule has 19 heavy (non-hydrogen) atoms. The van der Waals surface area contributed by atoms with E-state index in [9.17, 15) is 8.78 Å². The summed E-state index contributed by atoms with van der Waals surface area (Å²) in [6, 6.07) is 5.84. The van der Waals surface area contributed by atoms with Crippen molar-refractivity contribution >= 4 is 0 Å². The largest absolute Gasteiger partial charge is 0.472 e. The van der Waals surface area contributed by atoms with Gasteiger partial charge in [0.15, 0.2) is 0 Å². The molecule has 2 atom stereocenters. The van der Waals surface area contributed by atoms with Gasteiger partial charge in [-0.3, -0.25) is 0 Å². The maximum atomic E-state index is 13.5. The van der Waals surface area contributed by atoms with Crippen LogP contribution in [0.4, 0.5) is 8.78 Å². The molecule has 1 aromatic heterocycles. The number of nitrogens with one attached hydrogen (secondary N) is 1. The molecule has 2 aromatic rings. The summed E-state index contributed by atoms with van der Waals surface area (Å²) in [4.78, 5) is 0. The van der Waals surface area contributed by atoms with E-state index in [1.807, 2.05) is 19.9 Å². The standard InChI is InChI=1S/C15H17F2NO/c1-10(18-11(2)12-6-7-19-9-12)8-13-14(16)4-3-5-15(13)17/h3-7,9-11,18H,8H2,1-2H3. The van der Waals surface area contributed by atoms with Crippen LogP contribution in [0.25, 0.3) is 0 Å². The Kier molecular flexibility index (Phi) is 4.32. The molecule has 0 amide bonds. The summed E-state index contributed by atoms with van der Waals surface area (Å²) in [6.07, 6.45) is 3.57. The fourth-order valence-corrected chi connectivity index (χ4v) is 2.14. The van der Waals surface area contributed by atoms with Crippen molar-refractivity contribution in [2.75, 3.05) is 0 Å². The molecule has 1 heterocycles. The lowest BCUT2D eigenvalue weighted by Gasteiger charge is -2.19. The summed E-state index contributed by atoms with van der Waals surface area (Å²) in [5, 5.41) is 3.29. The molecule has 1 N–H and O–H groups in total. The van der Waals surface area contributed by atoms with E-state index in [1.165, 1.54) is 18.2 Å². The number of rotatable bonds is 5. The molecule has 0 saturated carbocycles. The lowest BCUT2D eigenvalue weighted by molar-refractivity contribution is 0.453. The molecule has 2 nitrogen and oxygen atoms in total. The van der Waals surface area contributed by atoms with Crippen LogP contribution in [0.1, 0.15) is 31.0 Å². The van der Waals surface area contributed by atoms with Gasteiger partial charge in [-0.25, -0.2) is 8.78 Å². The number of furan rings is 1. The van der Waals surface area contributed by atoms with E-state index in [0.717, 1.165) is 5.56 Å². The first kappa shape index (κ1) is 13.7. The van der Waals surface area contributed by atoms with Gasteiger partial charge in [0.05, 0.1) is 12.5 Å². The second-order valence-electron chi connectivity index (χ2n) is 4.75. The van der Waals surface area contributed by atoms with E-state index in [1.54, 1.807) is 12.5 Å². The highest BCUT2D eigenvalue weighted by molar-refractivity contribution is 5.21. The van der Waals surface area contributed by atoms with Crippen molar-refractivity contribution in [2.45, 2.75) is 32.4 Å². The van der Waals surface area contributed by atoms with E-state index in [0.29, 0.717) is 6.42 Å². The van der Waals surface area contributed by atoms with Gasteiger partial charge >= 0.3 is 0 Å². The molecular formula is C15H17F2NO. The summed E-state index contributed by atoms with van der Waals surface area (Å²) in [5.41, 5.74) is 1.14. The molecule has 0 saturated heterocycles. The van der Waals surface area contributed by atoms with Crippen molar-refractivity contribution in [3.8, 4) is 0 Å². The lowest BCUT2D eigenvalue weighted by atomic mass is 10.0. The Balaban J connectivity index is 2.00. The van der Waals surface area contributed by atoms with Crippen LogP contribution in [-0.2, 0) is 6.42 Å². The summed E-state index contributed by atoms with van der Waals surface area (Å²) >= 11 is 0. The van der Waals surface area contributed by atoms with Crippen molar-refractivity contribution < 1.29 is 13.2 Å². The van der Waals surface area contributed by atoms with Gasteiger partial charge in [-0.15, -0.1) is 0 Å². The molecule has 0 fully saturated rings. The van der Waals surface area contributed by atoms with Crippen LogP contribution in [0.3, 0.4) is 0 Å². The van der Waals surface area contributed by atoms with Crippen molar-refractivity contribution in [1.29, 1.82) is 0 Å². The summed E-state index contributed by atoms with van der Waals surface area (Å²) in [5.74, 6) is -0.991. The first-order chi connectivity index (χ1) is 9.08. The van der Waals surface area contributed by atoms with Gasteiger partial charge in [0.25, 0.3) is 0 Å². The van der Waals surface area contributed by atoms with Crippen molar-refractivity contribution in [1.82, 2.24) is 5.32 Å². The van der Waals surface area contributed by atoms with Crippen LogP contribution in [0.15, 0.2) is 41.2 Å². The van der Waals surface area contributed by atoms with E-state index >= 15 is 0 Å². The summed E-state index contributed by atoms with van der Waals surface area (Å²) in [7, 11) is 0. The van der Waals surface area contributed by atoms with Gasteiger partial charge in [-0.1, -0.05) is 6.07 Å². The van der Waals surface area contributed by atoms with Crippen LogP contribution in [0.2, 0.25) is 0 Å². The van der Waals surface area contributed by atoms with Crippen LogP contribution < -0.4 is 5.32 Å². The van der Waals surface area contributed by atoms with Gasteiger partial charge < -0.3 is 9.73 Å². The Hall–Kier alpha value is -1.68. The smallest absolute Gasteiger partial charge is 0.129 e. The van der Waals surface area contributed by atoms with Crippen molar-refractivity contribution in [3.63, 3.8) is 0 Å². The first-order valence-corrected chi connectivity index (χ1v) is 6.29. The Morgan fingerprint density at radius 3 is 2.42 bits per heavy atom. The zero-order valence-corrected chi connectivity index (χ0v) is 11.0. The second-order valence-corrected chi connectivity index (χ2v) is 4.75. The fourth-order valence-electron chi connectivity index (χ4n) is 2.14. The fraction of sp³-hybridized carbons (Fsp3) is 0.333. The maximum absolute atomic E-state index is 13.5. The number of halogens is 2.